The summed E-state index contributed by atoms with van der Waals surface area (Å²) in [6, 6.07) is 10.4. The number of benzene rings is 1. The standard InChI is InChI=1S/C21H30N4O2/c26-19-21(9-11-22-12-10-21)23-20(27)25(19)16-18-7-4-13-24(15-18)14-8-17-5-2-1-3-6-17/h1-3,5-6,18,22H,4,7-16H2,(H,23,27)/t18-/m0/s1. The molecule has 1 aromatic rings. The van der Waals surface area contributed by atoms with Gasteiger partial charge in [0.15, 0.2) is 0 Å². The lowest BCUT2D eigenvalue weighted by Crippen LogP contribution is -2.54. The van der Waals surface area contributed by atoms with Gasteiger partial charge in [-0.2, -0.15) is 0 Å². The Morgan fingerprint density at radius 1 is 1.11 bits per heavy atom. The molecule has 1 aromatic carbocycles. The van der Waals surface area contributed by atoms with Crippen LogP contribution in [0.25, 0.3) is 0 Å². The van der Waals surface area contributed by atoms with Crippen molar-refractivity contribution >= 4 is 11.9 Å². The van der Waals surface area contributed by atoms with Crippen LogP contribution in [0.15, 0.2) is 30.3 Å². The Hall–Kier alpha value is -1.92. The van der Waals surface area contributed by atoms with Crippen LogP contribution in [0.1, 0.15) is 31.2 Å². The molecule has 3 fully saturated rings. The highest BCUT2D eigenvalue weighted by Crippen LogP contribution is 2.29. The van der Waals surface area contributed by atoms with Gasteiger partial charge in [0.25, 0.3) is 5.91 Å². The minimum Gasteiger partial charge on any atom is -0.323 e. The van der Waals surface area contributed by atoms with Crippen molar-refractivity contribution < 1.29 is 9.59 Å². The van der Waals surface area contributed by atoms with Gasteiger partial charge in [-0.3, -0.25) is 9.69 Å². The molecule has 3 saturated heterocycles. The van der Waals surface area contributed by atoms with Crippen molar-refractivity contribution in [2.45, 2.75) is 37.6 Å². The highest BCUT2D eigenvalue weighted by Gasteiger charge is 2.51. The van der Waals surface area contributed by atoms with Gasteiger partial charge in [0.2, 0.25) is 0 Å². The summed E-state index contributed by atoms with van der Waals surface area (Å²) in [6.45, 7) is 5.25. The number of likely N-dealkylation sites (tertiary alicyclic amines) is 1. The van der Waals surface area contributed by atoms with Crippen LogP contribution in [0.3, 0.4) is 0 Å². The van der Waals surface area contributed by atoms with Crippen LogP contribution in [0.4, 0.5) is 4.79 Å². The van der Waals surface area contributed by atoms with Gasteiger partial charge in [-0.15, -0.1) is 0 Å². The van der Waals surface area contributed by atoms with Gasteiger partial charge in [0.1, 0.15) is 5.54 Å². The molecule has 146 valence electrons. The van der Waals surface area contributed by atoms with Crippen molar-refractivity contribution in [3.05, 3.63) is 35.9 Å². The molecule has 6 heteroatoms. The average Bonchev–Trinajstić information content (AvgIpc) is 2.92. The highest BCUT2D eigenvalue weighted by molar-refractivity contribution is 6.07. The maximum Gasteiger partial charge on any atom is 0.325 e. The lowest BCUT2D eigenvalue weighted by Gasteiger charge is -2.35. The van der Waals surface area contributed by atoms with Crippen molar-refractivity contribution in [2.75, 3.05) is 39.3 Å². The summed E-state index contributed by atoms with van der Waals surface area (Å²) in [4.78, 5) is 29.4. The molecule has 0 aromatic heterocycles. The first-order valence-electron chi connectivity index (χ1n) is 10.3. The zero-order valence-electron chi connectivity index (χ0n) is 16.0. The third-order valence-electron chi connectivity index (χ3n) is 6.31. The first-order chi connectivity index (χ1) is 13.2. The van der Waals surface area contributed by atoms with E-state index < -0.39 is 5.54 Å². The van der Waals surface area contributed by atoms with Crippen LogP contribution in [0.5, 0.6) is 0 Å². The van der Waals surface area contributed by atoms with Crippen molar-refractivity contribution in [1.82, 2.24) is 20.4 Å². The summed E-state index contributed by atoms with van der Waals surface area (Å²) in [5, 5.41) is 6.27. The lowest BCUT2D eigenvalue weighted by molar-refractivity contribution is -0.132. The fourth-order valence-electron chi connectivity index (χ4n) is 4.73. The molecule has 3 aliphatic heterocycles. The predicted octanol–water partition coefficient (Wildman–Crippen LogP) is 1.62. The monoisotopic (exact) mass is 370 g/mol. The molecule has 1 spiro atoms. The molecular formula is C21H30N4O2. The van der Waals surface area contributed by atoms with Gasteiger partial charge in [-0.05, 0) is 63.2 Å². The number of piperidine rings is 2. The maximum absolute atomic E-state index is 13.0. The van der Waals surface area contributed by atoms with Gasteiger partial charge in [-0.1, -0.05) is 30.3 Å². The number of amides is 3. The number of urea groups is 1. The summed E-state index contributed by atoms with van der Waals surface area (Å²) >= 11 is 0. The summed E-state index contributed by atoms with van der Waals surface area (Å²) in [6.07, 6.45) is 4.67. The molecule has 3 amide bonds. The van der Waals surface area contributed by atoms with Crippen LogP contribution in [0, 0.1) is 5.92 Å². The second-order valence-electron chi connectivity index (χ2n) is 8.22. The van der Waals surface area contributed by atoms with E-state index >= 15 is 0 Å². The first-order valence-corrected chi connectivity index (χ1v) is 10.3. The van der Waals surface area contributed by atoms with Crippen LogP contribution in [-0.2, 0) is 11.2 Å². The van der Waals surface area contributed by atoms with Gasteiger partial charge < -0.3 is 15.5 Å². The van der Waals surface area contributed by atoms with E-state index in [-0.39, 0.29) is 11.9 Å². The topological polar surface area (TPSA) is 64.7 Å². The molecule has 0 saturated carbocycles. The van der Waals surface area contributed by atoms with Gasteiger partial charge in [-0.25, -0.2) is 4.79 Å². The maximum atomic E-state index is 13.0. The molecule has 0 radical (unpaired) electrons. The molecule has 0 unspecified atom stereocenters. The minimum atomic E-state index is -0.649. The zero-order chi connectivity index (χ0) is 18.7. The Labute approximate surface area is 161 Å². The van der Waals surface area contributed by atoms with E-state index in [1.54, 1.807) is 0 Å². The van der Waals surface area contributed by atoms with Gasteiger partial charge in [0, 0.05) is 19.6 Å². The Kier molecular flexibility index (Phi) is 5.45. The van der Waals surface area contributed by atoms with E-state index in [9.17, 15) is 9.59 Å². The number of hydrogen-bond acceptors (Lipinski definition) is 4. The van der Waals surface area contributed by atoms with E-state index in [2.05, 4.69) is 39.8 Å². The molecule has 6 nitrogen and oxygen atoms in total. The van der Waals surface area contributed by atoms with E-state index in [1.807, 2.05) is 6.07 Å². The molecule has 1 atom stereocenters. The van der Waals surface area contributed by atoms with Crippen molar-refractivity contribution in [3.63, 3.8) is 0 Å². The number of carbonyl (C=O) groups is 2. The largest absolute Gasteiger partial charge is 0.325 e. The van der Waals surface area contributed by atoms with E-state index in [4.69, 9.17) is 0 Å². The highest BCUT2D eigenvalue weighted by atomic mass is 16.2. The molecule has 0 bridgehead atoms. The Morgan fingerprint density at radius 2 is 1.89 bits per heavy atom. The minimum absolute atomic E-state index is 0.00425. The van der Waals surface area contributed by atoms with Gasteiger partial charge in [0.05, 0.1) is 0 Å². The van der Waals surface area contributed by atoms with Crippen LogP contribution in [-0.4, -0.2) is 66.5 Å². The molecule has 0 aliphatic carbocycles. The zero-order valence-corrected chi connectivity index (χ0v) is 16.0. The summed E-state index contributed by atoms with van der Waals surface area (Å²) in [7, 11) is 0. The number of carbonyl (C=O) groups excluding carboxylic acids is 2. The van der Waals surface area contributed by atoms with Gasteiger partial charge >= 0.3 is 6.03 Å². The smallest absolute Gasteiger partial charge is 0.323 e. The predicted molar refractivity (Wildman–Crippen MR) is 104 cm³/mol. The normalized spacial score (nSPS) is 25.8. The van der Waals surface area contributed by atoms with Crippen molar-refractivity contribution in [3.8, 4) is 0 Å². The van der Waals surface area contributed by atoms with Crippen molar-refractivity contribution in [2.24, 2.45) is 5.92 Å². The number of rotatable bonds is 5. The summed E-state index contributed by atoms with van der Waals surface area (Å²) in [5.41, 5.74) is 0.714. The van der Waals surface area contributed by atoms with Crippen LogP contribution >= 0.6 is 0 Å². The molecule has 27 heavy (non-hydrogen) atoms. The number of hydrogen-bond donors (Lipinski definition) is 2. The third kappa shape index (κ3) is 4.01. The second kappa shape index (κ2) is 7.98. The average molecular weight is 370 g/mol. The fraction of sp³-hybridized carbons (Fsp3) is 0.619. The van der Waals surface area contributed by atoms with Crippen LogP contribution < -0.4 is 10.6 Å². The quantitative estimate of drug-likeness (QED) is 0.773. The van der Waals surface area contributed by atoms with Crippen LogP contribution in [0.2, 0.25) is 0 Å². The second-order valence-corrected chi connectivity index (χ2v) is 8.22. The Morgan fingerprint density at radius 3 is 2.67 bits per heavy atom. The molecule has 3 aliphatic rings. The molecular weight excluding hydrogens is 340 g/mol. The SMILES string of the molecule is O=C1NC2(CCNCC2)C(=O)N1C[C@H]1CCCN(CCc2ccccc2)C1. The Bertz CT molecular complexity index is 672. The van der Waals surface area contributed by atoms with Crippen molar-refractivity contribution in [1.29, 1.82) is 0 Å². The number of nitrogens with one attached hydrogen (secondary N) is 2. The molecule has 3 heterocycles. The molecule has 2 N–H and O–H groups in total. The van der Waals surface area contributed by atoms with E-state index in [0.717, 1.165) is 52.0 Å². The Balaban J connectivity index is 1.32. The third-order valence-corrected chi connectivity index (χ3v) is 6.31. The fourth-order valence-corrected chi connectivity index (χ4v) is 4.73. The summed E-state index contributed by atoms with van der Waals surface area (Å²) < 4.78 is 0. The number of imide groups is 1. The number of nitrogens with zero attached hydrogens (tertiary/aromatic N) is 2. The summed E-state index contributed by atoms with van der Waals surface area (Å²) in [5.74, 6) is 0.372. The molecule has 4 rings (SSSR count). The van der Waals surface area contributed by atoms with E-state index in [0.29, 0.717) is 25.3 Å². The van der Waals surface area contributed by atoms with E-state index in [1.165, 1.54) is 10.5 Å². The first kappa shape index (κ1) is 18.4. The lowest BCUT2D eigenvalue weighted by atomic mass is 9.88.